The number of hydrogen-bond acceptors (Lipinski definition) is 4. The summed E-state index contributed by atoms with van der Waals surface area (Å²) in [5, 5.41) is 7.16. The molecule has 1 saturated heterocycles. The summed E-state index contributed by atoms with van der Waals surface area (Å²) in [6.07, 6.45) is 10.3. The van der Waals surface area contributed by atoms with Gasteiger partial charge in [0.25, 0.3) is 0 Å². The first-order valence-corrected chi connectivity index (χ1v) is 13.0. The van der Waals surface area contributed by atoms with E-state index < -0.39 is 0 Å². The minimum atomic E-state index is -0.176. The maximum atomic E-state index is 12.1. The van der Waals surface area contributed by atoms with Gasteiger partial charge in [-0.25, -0.2) is 0 Å². The van der Waals surface area contributed by atoms with Crippen LogP contribution >= 0.6 is 12.2 Å². The van der Waals surface area contributed by atoms with Crippen LogP contribution in [0.3, 0.4) is 0 Å². The standard InChI is InChI=1S/C28H33N5O2S/c1-19-17-21(13-14-22(19)30-25(34)18-35-2)33-27(26(31-28(33)36)23-11-6-7-15-29-23)24-12-8-16-32(24)20-9-4-3-5-10-20/h6-8,11-17,20,26-27H,3-5,9-10,18H2,1-2H3,(H,30,34)(H,31,36)/t26-,27+/m1/s1. The van der Waals surface area contributed by atoms with Crippen molar-refractivity contribution in [2.75, 3.05) is 23.9 Å². The van der Waals surface area contributed by atoms with Crippen LogP contribution in [0.25, 0.3) is 0 Å². The largest absolute Gasteiger partial charge is 0.375 e. The van der Waals surface area contributed by atoms with E-state index in [9.17, 15) is 4.79 Å². The normalized spacial score (nSPS) is 20.4. The van der Waals surface area contributed by atoms with Crippen LogP contribution in [0.15, 0.2) is 60.9 Å². The monoisotopic (exact) mass is 503 g/mol. The fourth-order valence-corrected chi connectivity index (χ4v) is 5.88. The molecule has 2 atom stereocenters. The number of carbonyl (C=O) groups excluding carboxylic acids is 1. The molecule has 3 heterocycles. The van der Waals surface area contributed by atoms with Gasteiger partial charge < -0.3 is 24.8 Å². The van der Waals surface area contributed by atoms with E-state index in [0.717, 1.165) is 22.6 Å². The number of pyridine rings is 1. The van der Waals surface area contributed by atoms with Crippen LogP contribution in [-0.4, -0.2) is 34.3 Å². The molecule has 2 fully saturated rings. The third-order valence-electron chi connectivity index (χ3n) is 7.22. The Labute approximate surface area is 217 Å². The number of aryl methyl sites for hydroxylation is 1. The number of carbonyl (C=O) groups is 1. The van der Waals surface area contributed by atoms with E-state index in [0.29, 0.717) is 11.2 Å². The molecular weight excluding hydrogens is 470 g/mol. The average Bonchev–Trinajstić information content (AvgIpc) is 3.51. The van der Waals surface area contributed by atoms with Crippen molar-refractivity contribution < 1.29 is 9.53 Å². The number of hydrogen-bond donors (Lipinski definition) is 2. The van der Waals surface area contributed by atoms with E-state index >= 15 is 0 Å². The lowest BCUT2D eigenvalue weighted by Crippen LogP contribution is -2.31. The molecule has 0 spiro atoms. The van der Waals surface area contributed by atoms with Crippen molar-refractivity contribution in [2.24, 2.45) is 0 Å². The van der Waals surface area contributed by atoms with Crippen molar-refractivity contribution >= 4 is 34.6 Å². The summed E-state index contributed by atoms with van der Waals surface area (Å²) < 4.78 is 7.42. The van der Waals surface area contributed by atoms with E-state index in [-0.39, 0.29) is 24.6 Å². The molecule has 0 radical (unpaired) electrons. The number of thiocarbonyl (C=S) groups is 1. The van der Waals surface area contributed by atoms with Crippen LogP contribution in [0, 0.1) is 6.92 Å². The summed E-state index contributed by atoms with van der Waals surface area (Å²) in [5.41, 5.74) is 4.91. The van der Waals surface area contributed by atoms with E-state index in [1.807, 2.05) is 37.4 Å². The quantitative estimate of drug-likeness (QED) is 0.417. The van der Waals surface area contributed by atoms with Gasteiger partial charge in [0.05, 0.1) is 11.7 Å². The van der Waals surface area contributed by atoms with Crippen LogP contribution in [0.1, 0.15) is 67.2 Å². The molecule has 0 bridgehead atoms. The van der Waals surface area contributed by atoms with Gasteiger partial charge in [0.2, 0.25) is 5.91 Å². The smallest absolute Gasteiger partial charge is 0.250 e. The predicted molar refractivity (Wildman–Crippen MR) is 146 cm³/mol. The highest BCUT2D eigenvalue weighted by atomic mass is 32.1. The zero-order valence-electron chi connectivity index (χ0n) is 20.8. The van der Waals surface area contributed by atoms with Gasteiger partial charge in [-0.1, -0.05) is 25.3 Å². The Bertz CT molecular complexity index is 1220. The van der Waals surface area contributed by atoms with Crippen molar-refractivity contribution in [1.29, 1.82) is 0 Å². The van der Waals surface area contributed by atoms with E-state index in [1.165, 1.54) is 44.9 Å². The summed E-state index contributed by atoms with van der Waals surface area (Å²) in [6.45, 7) is 2.02. The molecule has 3 aromatic rings. The molecule has 8 heteroatoms. The highest BCUT2D eigenvalue weighted by Crippen LogP contribution is 2.44. The van der Waals surface area contributed by atoms with Gasteiger partial charge in [0, 0.05) is 42.6 Å². The van der Waals surface area contributed by atoms with E-state index in [2.05, 4.69) is 50.6 Å². The summed E-state index contributed by atoms with van der Waals surface area (Å²) in [7, 11) is 1.51. The summed E-state index contributed by atoms with van der Waals surface area (Å²) in [4.78, 5) is 19.0. The SMILES string of the molecule is COCC(=O)Nc1ccc(N2C(=S)N[C@H](c3ccccn3)[C@@H]2c2cccn2C2CCCCC2)cc1C. The average molecular weight is 504 g/mol. The lowest BCUT2D eigenvalue weighted by Gasteiger charge is -2.32. The Kier molecular flexibility index (Phi) is 7.34. The molecule has 2 aliphatic rings. The maximum Gasteiger partial charge on any atom is 0.250 e. The highest BCUT2D eigenvalue weighted by Gasteiger charge is 2.42. The first-order valence-electron chi connectivity index (χ1n) is 12.6. The van der Waals surface area contributed by atoms with Crippen molar-refractivity contribution in [2.45, 2.75) is 57.2 Å². The van der Waals surface area contributed by atoms with Crippen molar-refractivity contribution in [3.05, 3.63) is 77.9 Å². The van der Waals surface area contributed by atoms with Gasteiger partial charge in [-0.3, -0.25) is 9.78 Å². The Morgan fingerprint density at radius 2 is 2.00 bits per heavy atom. The summed E-state index contributed by atoms with van der Waals surface area (Å²) in [6, 6.07) is 16.8. The number of rotatable bonds is 7. The first-order chi connectivity index (χ1) is 17.6. The Morgan fingerprint density at radius 3 is 2.72 bits per heavy atom. The molecule has 1 saturated carbocycles. The number of anilines is 2. The highest BCUT2D eigenvalue weighted by molar-refractivity contribution is 7.80. The van der Waals surface area contributed by atoms with Crippen LogP contribution in [0.5, 0.6) is 0 Å². The Morgan fingerprint density at radius 1 is 1.17 bits per heavy atom. The zero-order valence-corrected chi connectivity index (χ0v) is 21.6. The number of nitrogens with one attached hydrogen (secondary N) is 2. The van der Waals surface area contributed by atoms with Crippen LogP contribution in [0.4, 0.5) is 11.4 Å². The molecule has 2 aromatic heterocycles. The van der Waals surface area contributed by atoms with Crippen molar-refractivity contribution in [3.8, 4) is 0 Å². The fourth-order valence-electron chi connectivity index (χ4n) is 5.54. The number of amides is 1. The van der Waals surface area contributed by atoms with Crippen molar-refractivity contribution in [3.63, 3.8) is 0 Å². The van der Waals surface area contributed by atoms with Gasteiger partial charge in [-0.05, 0) is 80.0 Å². The maximum absolute atomic E-state index is 12.1. The second-order valence-electron chi connectivity index (χ2n) is 9.61. The van der Waals surface area contributed by atoms with Crippen molar-refractivity contribution in [1.82, 2.24) is 14.9 Å². The summed E-state index contributed by atoms with van der Waals surface area (Å²) in [5.74, 6) is -0.176. The second-order valence-corrected chi connectivity index (χ2v) is 10.00. The first kappa shape index (κ1) is 24.5. The molecule has 2 N–H and O–H groups in total. The third-order valence-corrected chi connectivity index (χ3v) is 7.53. The van der Waals surface area contributed by atoms with Gasteiger partial charge in [-0.2, -0.15) is 0 Å². The minimum absolute atomic E-state index is 0.0211. The van der Waals surface area contributed by atoms with Gasteiger partial charge >= 0.3 is 0 Å². The number of nitrogens with zero attached hydrogens (tertiary/aromatic N) is 3. The molecule has 1 aromatic carbocycles. The molecule has 36 heavy (non-hydrogen) atoms. The Hall–Kier alpha value is -3.23. The van der Waals surface area contributed by atoms with Gasteiger partial charge in [0.1, 0.15) is 12.6 Å². The van der Waals surface area contributed by atoms with Crippen LogP contribution in [0.2, 0.25) is 0 Å². The van der Waals surface area contributed by atoms with Gasteiger partial charge in [-0.15, -0.1) is 0 Å². The number of ether oxygens (including phenoxy) is 1. The number of methoxy groups -OCH3 is 1. The Balaban J connectivity index is 1.54. The topological polar surface area (TPSA) is 71.4 Å². The second kappa shape index (κ2) is 10.8. The molecule has 0 unspecified atom stereocenters. The zero-order chi connectivity index (χ0) is 25.1. The minimum Gasteiger partial charge on any atom is -0.375 e. The summed E-state index contributed by atoms with van der Waals surface area (Å²) >= 11 is 5.92. The third kappa shape index (κ3) is 4.88. The number of aromatic nitrogens is 2. The molecule has 1 aliphatic heterocycles. The van der Waals surface area contributed by atoms with Crippen LogP contribution in [-0.2, 0) is 9.53 Å². The lowest BCUT2D eigenvalue weighted by atomic mass is 9.94. The predicted octanol–water partition coefficient (Wildman–Crippen LogP) is 5.46. The van der Waals surface area contributed by atoms with E-state index in [4.69, 9.17) is 21.9 Å². The molecule has 188 valence electrons. The van der Waals surface area contributed by atoms with Crippen LogP contribution < -0.4 is 15.5 Å². The molecule has 7 nitrogen and oxygen atoms in total. The number of benzene rings is 1. The van der Waals surface area contributed by atoms with E-state index in [1.54, 1.807) is 0 Å². The lowest BCUT2D eigenvalue weighted by molar-refractivity contribution is -0.119. The molecule has 1 aliphatic carbocycles. The molecule has 5 rings (SSSR count). The molecular formula is C28H33N5O2S. The van der Waals surface area contributed by atoms with Gasteiger partial charge in [0.15, 0.2) is 5.11 Å². The molecule has 1 amide bonds. The fraction of sp³-hybridized carbons (Fsp3) is 0.393.